The highest BCUT2D eigenvalue weighted by atomic mass is 32.1. The summed E-state index contributed by atoms with van der Waals surface area (Å²) < 4.78 is 18.3. The SMILES string of the molecule is COC1CCN(C(=O)c2cc3nccc(Oc4ccc5c(C(=O)NCC6CC6)c(C)oc5c4)c3s2)C1. The van der Waals surface area contributed by atoms with Gasteiger partial charge in [0.2, 0.25) is 0 Å². The highest BCUT2D eigenvalue weighted by Crippen LogP contribution is 2.37. The molecule has 1 aliphatic heterocycles. The van der Waals surface area contributed by atoms with Crippen molar-refractivity contribution in [3.63, 3.8) is 0 Å². The average molecular weight is 506 g/mol. The number of rotatable bonds is 7. The van der Waals surface area contributed by atoms with Crippen LogP contribution in [0, 0.1) is 12.8 Å². The summed E-state index contributed by atoms with van der Waals surface area (Å²) in [4.78, 5) is 32.7. The topological polar surface area (TPSA) is 93.9 Å². The average Bonchev–Trinajstić information content (AvgIpc) is 3.27. The third-order valence-electron chi connectivity index (χ3n) is 6.89. The molecule has 1 saturated carbocycles. The Bertz CT molecular complexity index is 1470. The van der Waals surface area contributed by atoms with E-state index in [-0.39, 0.29) is 17.9 Å². The molecule has 9 heteroatoms. The molecule has 0 spiro atoms. The molecular weight excluding hydrogens is 478 g/mol. The highest BCUT2D eigenvalue weighted by molar-refractivity contribution is 7.21. The van der Waals surface area contributed by atoms with Crippen molar-refractivity contribution in [1.29, 1.82) is 0 Å². The molecule has 4 heterocycles. The number of amides is 2. The molecule has 6 rings (SSSR count). The summed E-state index contributed by atoms with van der Waals surface area (Å²) in [5.41, 5.74) is 1.88. The second-order valence-electron chi connectivity index (χ2n) is 9.48. The van der Waals surface area contributed by atoms with Crippen LogP contribution in [0.2, 0.25) is 0 Å². The molecule has 2 aliphatic rings. The van der Waals surface area contributed by atoms with Crippen molar-refractivity contribution < 1.29 is 23.5 Å². The fourth-order valence-electron chi connectivity index (χ4n) is 4.68. The Balaban J connectivity index is 1.24. The predicted molar refractivity (Wildman–Crippen MR) is 137 cm³/mol. The summed E-state index contributed by atoms with van der Waals surface area (Å²) in [6.45, 7) is 3.80. The first kappa shape index (κ1) is 23.0. The molecule has 2 amide bonds. The number of pyridine rings is 1. The zero-order valence-electron chi connectivity index (χ0n) is 20.2. The minimum atomic E-state index is -0.103. The molecule has 8 nitrogen and oxygen atoms in total. The molecule has 186 valence electrons. The zero-order valence-corrected chi connectivity index (χ0v) is 21.0. The van der Waals surface area contributed by atoms with Crippen LogP contribution in [-0.4, -0.2) is 54.5 Å². The van der Waals surface area contributed by atoms with Crippen LogP contribution in [0.4, 0.5) is 0 Å². The number of benzene rings is 1. The van der Waals surface area contributed by atoms with Crippen LogP contribution in [0.1, 0.15) is 45.1 Å². The molecule has 1 aromatic carbocycles. The quantitative estimate of drug-likeness (QED) is 0.374. The van der Waals surface area contributed by atoms with E-state index in [1.165, 1.54) is 24.2 Å². The molecule has 1 unspecified atom stereocenters. The summed E-state index contributed by atoms with van der Waals surface area (Å²) in [6.07, 6.45) is 4.97. The Morgan fingerprint density at radius 3 is 2.86 bits per heavy atom. The van der Waals surface area contributed by atoms with Gasteiger partial charge in [-0.1, -0.05) is 0 Å². The van der Waals surface area contributed by atoms with Crippen molar-refractivity contribution >= 4 is 44.3 Å². The van der Waals surface area contributed by atoms with Gasteiger partial charge in [0.1, 0.15) is 22.8 Å². The van der Waals surface area contributed by atoms with Gasteiger partial charge in [0.05, 0.1) is 26.8 Å². The van der Waals surface area contributed by atoms with Gasteiger partial charge >= 0.3 is 0 Å². The van der Waals surface area contributed by atoms with E-state index in [1.807, 2.05) is 23.1 Å². The second kappa shape index (κ2) is 9.22. The molecule has 1 aliphatic carbocycles. The molecule has 1 atom stereocenters. The summed E-state index contributed by atoms with van der Waals surface area (Å²) in [7, 11) is 1.68. The van der Waals surface area contributed by atoms with Crippen molar-refractivity contribution in [3.05, 3.63) is 52.7 Å². The first-order valence-electron chi connectivity index (χ1n) is 12.2. The lowest BCUT2D eigenvalue weighted by Gasteiger charge is -2.14. The number of ether oxygens (including phenoxy) is 2. The highest BCUT2D eigenvalue weighted by Gasteiger charge is 2.28. The van der Waals surface area contributed by atoms with Crippen LogP contribution in [0.3, 0.4) is 0 Å². The molecule has 1 N–H and O–H groups in total. The Morgan fingerprint density at radius 1 is 1.22 bits per heavy atom. The molecule has 0 radical (unpaired) electrons. The van der Waals surface area contributed by atoms with Crippen LogP contribution < -0.4 is 10.1 Å². The standard InChI is InChI=1S/C27H27N3O5S/c1-15-24(26(31)29-13-16-3-4-16)19-6-5-17(11-22(19)34-15)35-21-7-9-28-20-12-23(36-25(20)21)27(32)30-10-8-18(14-30)33-2/h5-7,9,11-12,16,18H,3-4,8,10,13-14H2,1-2H3,(H,29,31). The van der Waals surface area contributed by atoms with Crippen LogP contribution in [0.25, 0.3) is 21.2 Å². The van der Waals surface area contributed by atoms with Gasteiger partial charge in [-0.15, -0.1) is 11.3 Å². The third-order valence-corrected chi connectivity index (χ3v) is 8.02. The maximum Gasteiger partial charge on any atom is 0.264 e. The van der Waals surface area contributed by atoms with Gasteiger partial charge < -0.3 is 24.1 Å². The maximum atomic E-state index is 13.0. The lowest BCUT2D eigenvalue weighted by Crippen LogP contribution is -2.29. The number of hydrogen-bond donors (Lipinski definition) is 1. The molecule has 0 bridgehead atoms. The molecule has 36 heavy (non-hydrogen) atoms. The molecule has 4 aromatic rings. The lowest BCUT2D eigenvalue weighted by molar-refractivity contribution is 0.0728. The molecule has 1 saturated heterocycles. The molecular formula is C27H27N3O5S. The van der Waals surface area contributed by atoms with Crippen molar-refractivity contribution in [3.8, 4) is 11.5 Å². The lowest BCUT2D eigenvalue weighted by atomic mass is 10.1. The van der Waals surface area contributed by atoms with Gasteiger partial charge in [0.15, 0.2) is 0 Å². The Hall–Kier alpha value is -3.43. The minimum absolute atomic E-state index is 0.0107. The van der Waals surface area contributed by atoms with Gasteiger partial charge in [-0.3, -0.25) is 14.6 Å². The summed E-state index contributed by atoms with van der Waals surface area (Å²) in [5.74, 6) is 2.27. The van der Waals surface area contributed by atoms with Crippen molar-refractivity contribution in [2.75, 3.05) is 26.7 Å². The first-order chi connectivity index (χ1) is 17.5. The number of methoxy groups -OCH3 is 1. The first-order valence-corrected chi connectivity index (χ1v) is 13.0. The fraction of sp³-hybridized carbons (Fsp3) is 0.370. The van der Waals surface area contributed by atoms with Gasteiger partial charge in [-0.2, -0.15) is 0 Å². The van der Waals surface area contributed by atoms with Crippen molar-refractivity contribution in [1.82, 2.24) is 15.2 Å². The van der Waals surface area contributed by atoms with E-state index in [0.717, 1.165) is 16.5 Å². The number of nitrogens with zero attached hydrogens (tertiary/aromatic N) is 2. The Kier molecular flexibility index (Phi) is 5.89. The number of furan rings is 1. The van der Waals surface area contributed by atoms with Crippen LogP contribution in [0.15, 0.2) is 40.9 Å². The van der Waals surface area contributed by atoms with Gasteiger partial charge in [0.25, 0.3) is 11.8 Å². The number of carbonyl (C=O) groups excluding carboxylic acids is 2. The van der Waals surface area contributed by atoms with E-state index >= 15 is 0 Å². The number of carbonyl (C=O) groups is 2. The normalized spacial score (nSPS) is 17.7. The second-order valence-corrected chi connectivity index (χ2v) is 10.5. The van der Waals surface area contributed by atoms with E-state index in [9.17, 15) is 9.59 Å². The number of fused-ring (bicyclic) bond motifs is 2. The van der Waals surface area contributed by atoms with E-state index in [0.29, 0.717) is 64.4 Å². The Morgan fingerprint density at radius 2 is 2.08 bits per heavy atom. The number of nitrogens with one attached hydrogen (secondary N) is 1. The fourth-order valence-corrected chi connectivity index (χ4v) is 5.71. The number of thiophene rings is 1. The monoisotopic (exact) mass is 505 g/mol. The summed E-state index contributed by atoms with van der Waals surface area (Å²) >= 11 is 1.38. The molecule has 2 fully saturated rings. The van der Waals surface area contributed by atoms with E-state index in [4.69, 9.17) is 13.9 Å². The summed E-state index contributed by atoms with van der Waals surface area (Å²) in [5, 5.41) is 3.78. The molecule has 3 aromatic heterocycles. The van der Waals surface area contributed by atoms with Crippen LogP contribution >= 0.6 is 11.3 Å². The summed E-state index contributed by atoms with van der Waals surface area (Å²) in [6, 6.07) is 9.09. The maximum absolute atomic E-state index is 13.0. The predicted octanol–water partition coefficient (Wildman–Crippen LogP) is 5.14. The van der Waals surface area contributed by atoms with Crippen molar-refractivity contribution in [2.45, 2.75) is 32.3 Å². The zero-order chi connectivity index (χ0) is 24.8. The van der Waals surface area contributed by atoms with E-state index in [2.05, 4.69) is 10.3 Å². The van der Waals surface area contributed by atoms with Crippen LogP contribution in [0.5, 0.6) is 11.5 Å². The van der Waals surface area contributed by atoms with Crippen LogP contribution in [-0.2, 0) is 4.74 Å². The van der Waals surface area contributed by atoms with E-state index in [1.54, 1.807) is 32.4 Å². The number of likely N-dealkylation sites (tertiary alicyclic amines) is 1. The van der Waals surface area contributed by atoms with Gasteiger partial charge in [0, 0.05) is 50.5 Å². The largest absolute Gasteiger partial charge is 0.460 e. The smallest absolute Gasteiger partial charge is 0.264 e. The Labute approximate surface area is 212 Å². The number of hydrogen-bond acceptors (Lipinski definition) is 7. The van der Waals surface area contributed by atoms with Gasteiger partial charge in [-0.25, -0.2) is 0 Å². The number of aryl methyl sites for hydroxylation is 1. The third kappa shape index (κ3) is 4.33. The van der Waals surface area contributed by atoms with Gasteiger partial charge in [-0.05, 0) is 50.3 Å². The van der Waals surface area contributed by atoms with Crippen molar-refractivity contribution in [2.24, 2.45) is 5.92 Å². The minimum Gasteiger partial charge on any atom is -0.460 e. The van der Waals surface area contributed by atoms with E-state index < -0.39 is 0 Å². The number of aromatic nitrogens is 1.